The third kappa shape index (κ3) is 0.814. The lowest BCUT2D eigenvalue weighted by molar-refractivity contribution is 0.834. The van der Waals surface area contributed by atoms with Gasteiger partial charge in [0.05, 0.1) is 29.6 Å². The van der Waals surface area contributed by atoms with Crippen LogP contribution in [0.15, 0.2) is 24.8 Å². The van der Waals surface area contributed by atoms with E-state index in [0.29, 0.717) is 0 Å². The molecular weight excluding hydrogens is 176 g/mol. The number of nitriles is 1. The van der Waals surface area contributed by atoms with E-state index in [2.05, 4.69) is 16.0 Å². The Morgan fingerprint density at radius 2 is 2.29 bits per heavy atom. The Morgan fingerprint density at radius 1 is 1.43 bits per heavy atom. The molecule has 1 saturated carbocycles. The second-order valence-corrected chi connectivity index (χ2v) is 3.64. The van der Waals surface area contributed by atoms with Gasteiger partial charge in [0.25, 0.3) is 0 Å². The lowest BCUT2D eigenvalue weighted by Gasteiger charge is -2.03. The lowest BCUT2D eigenvalue weighted by atomic mass is 10.1. The maximum absolute atomic E-state index is 9.08. The Kier molecular flexibility index (Phi) is 1.25. The van der Waals surface area contributed by atoms with Crippen molar-refractivity contribution in [2.24, 2.45) is 0 Å². The number of imidazole rings is 1. The molecule has 14 heavy (non-hydrogen) atoms. The van der Waals surface area contributed by atoms with Gasteiger partial charge >= 0.3 is 0 Å². The quantitative estimate of drug-likeness (QED) is 0.670. The Hall–Kier alpha value is -1.89. The smallest absolute Gasteiger partial charge is 0.155 e. The molecule has 2 heterocycles. The predicted molar refractivity (Wildman–Crippen MR) is 49.5 cm³/mol. The number of aromatic nitrogens is 3. The number of rotatable bonds is 1. The highest BCUT2D eigenvalue weighted by molar-refractivity contribution is 5.44. The first-order valence-electron chi connectivity index (χ1n) is 4.55. The summed E-state index contributed by atoms with van der Waals surface area (Å²) < 4.78 is 1.95. The van der Waals surface area contributed by atoms with E-state index in [9.17, 15) is 0 Å². The number of hydrogen-bond donors (Lipinski definition) is 0. The monoisotopic (exact) mass is 184 g/mol. The molecule has 0 radical (unpaired) electrons. The molecule has 0 bridgehead atoms. The zero-order valence-corrected chi connectivity index (χ0v) is 7.51. The van der Waals surface area contributed by atoms with Crippen LogP contribution in [0.1, 0.15) is 18.5 Å². The number of nitrogens with zero attached hydrogens (tertiary/aromatic N) is 4. The van der Waals surface area contributed by atoms with Crippen molar-refractivity contribution in [2.75, 3.05) is 0 Å². The summed E-state index contributed by atoms with van der Waals surface area (Å²) in [4.78, 5) is 8.21. The average molecular weight is 184 g/mol. The third-order valence-electron chi connectivity index (χ3n) is 2.77. The van der Waals surface area contributed by atoms with E-state index in [-0.39, 0.29) is 5.41 Å². The van der Waals surface area contributed by atoms with Gasteiger partial charge in [-0.15, -0.1) is 0 Å². The van der Waals surface area contributed by atoms with Gasteiger partial charge in [-0.2, -0.15) is 5.26 Å². The van der Waals surface area contributed by atoms with E-state index in [1.54, 1.807) is 18.6 Å². The van der Waals surface area contributed by atoms with Crippen molar-refractivity contribution in [3.05, 3.63) is 30.5 Å². The highest BCUT2D eigenvalue weighted by atomic mass is 15.0. The van der Waals surface area contributed by atoms with Crippen molar-refractivity contribution in [1.29, 1.82) is 5.26 Å². The van der Waals surface area contributed by atoms with E-state index >= 15 is 0 Å². The Bertz CT molecular complexity index is 530. The molecule has 68 valence electrons. The first kappa shape index (κ1) is 7.51. The molecule has 2 aromatic rings. The van der Waals surface area contributed by atoms with E-state index < -0.39 is 0 Å². The van der Waals surface area contributed by atoms with Crippen LogP contribution in [0.2, 0.25) is 0 Å². The Balaban J connectivity index is 2.29. The summed E-state index contributed by atoms with van der Waals surface area (Å²) in [5.41, 5.74) is 1.53. The molecule has 0 spiro atoms. The molecule has 0 aliphatic heterocycles. The van der Waals surface area contributed by atoms with Crippen LogP contribution in [-0.2, 0) is 5.41 Å². The van der Waals surface area contributed by atoms with E-state index in [4.69, 9.17) is 5.26 Å². The highest BCUT2D eigenvalue weighted by Gasteiger charge is 2.47. The summed E-state index contributed by atoms with van der Waals surface area (Å²) >= 11 is 0. The second kappa shape index (κ2) is 2.32. The van der Waals surface area contributed by atoms with Gasteiger partial charge in [0.1, 0.15) is 0 Å². The molecule has 0 amide bonds. The first-order chi connectivity index (χ1) is 6.86. The number of fused-ring (bicyclic) bond motifs is 1. The molecule has 2 aromatic heterocycles. The summed E-state index contributed by atoms with van der Waals surface area (Å²) in [6.07, 6.45) is 8.95. The van der Waals surface area contributed by atoms with Crippen LogP contribution >= 0.6 is 0 Å². The van der Waals surface area contributed by atoms with Crippen LogP contribution in [0.3, 0.4) is 0 Å². The van der Waals surface area contributed by atoms with Crippen LogP contribution in [-0.4, -0.2) is 14.4 Å². The van der Waals surface area contributed by atoms with E-state index in [1.807, 2.05) is 10.6 Å². The maximum atomic E-state index is 9.08. The van der Waals surface area contributed by atoms with Crippen LogP contribution in [0.5, 0.6) is 0 Å². The van der Waals surface area contributed by atoms with Crippen LogP contribution < -0.4 is 0 Å². The standard InChI is InChI=1S/C10H8N4/c11-7-10(1-2-10)8-5-13-9-6-12-3-4-14(8)9/h3-6H,1-2H2. The van der Waals surface area contributed by atoms with Crippen molar-refractivity contribution < 1.29 is 0 Å². The van der Waals surface area contributed by atoms with Crippen molar-refractivity contribution in [3.8, 4) is 6.07 Å². The minimum atomic E-state index is -0.277. The minimum Gasteiger partial charge on any atom is -0.300 e. The molecule has 4 nitrogen and oxygen atoms in total. The molecule has 1 aliphatic carbocycles. The fourth-order valence-corrected chi connectivity index (χ4v) is 1.75. The zero-order chi connectivity index (χ0) is 9.60. The van der Waals surface area contributed by atoms with Crippen LogP contribution in [0, 0.1) is 11.3 Å². The summed E-state index contributed by atoms with van der Waals surface area (Å²) in [6, 6.07) is 2.37. The van der Waals surface area contributed by atoms with Gasteiger partial charge in [-0.05, 0) is 12.8 Å². The largest absolute Gasteiger partial charge is 0.300 e. The Morgan fingerprint density at radius 3 is 3.00 bits per heavy atom. The fourth-order valence-electron chi connectivity index (χ4n) is 1.75. The van der Waals surface area contributed by atoms with Crippen LogP contribution in [0.25, 0.3) is 5.65 Å². The van der Waals surface area contributed by atoms with Gasteiger partial charge in [0.15, 0.2) is 5.65 Å². The highest BCUT2D eigenvalue weighted by Crippen LogP contribution is 2.47. The maximum Gasteiger partial charge on any atom is 0.155 e. The van der Waals surface area contributed by atoms with Crippen molar-refractivity contribution >= 4 is 5.65 Å². The van der Waals surface area contributed by atoms with Gasteiger partial charge < -0.3 is 0 Å². The van der Waals surface area contributed by atoms with E-state index in [0.717, 1.165) is 24.2 Å². The summed E-state index contributed by atoms with van der Waals surface area (Å²) in [5, 5.41) is 9.08. The summed E-state index contributed by atoms with van der Waals surface area (Å²) in [5.74, 6) is 0. The third-order valence-corrected chi connectivity index (χ3v) is 2.77. The molecule has 1 fully saturated rings. The normalized spacial score (nSPS) is 17.9. The molecule has 4 heteroatoms. The van der Waals surface area contributed by atoms with Gasteiger partial charge in [0, 0.05) is 12.4 Å². The fraction of sp³-hybridized carbons (Fsp3) is 0.300. The molecule has 0 unspecified atom stereocenters. The molecule has 0 N–H and O–H groups in total. The molecular formula is C10H8N4. The lowest BCUT2D eigenvalue weighted by Crippen LogP contribution is -2.06. The van der Waals surface area contributed by atoms with Crippen molar-refractivity contribution in [2.45, 2.75) is 18.3 Å². The molecule has 3 rings (SSSR count). The zero-order valence-electron chi connectivity index (χ0n) is 7.51. The molecule has 0 atom stereocenters. The summed E-state index contributed by atoms with van der Waals surface area (Å²) in [6.45, 7) is 0. The molecule has 0 aromatic carbocycles. The van der Waals surface area contributed by atoms with Gasteiger partial charge in [-0.3, -0.25) is 9.38 Å². The van der Waals surface area contributed by atoms with Gasteiger partial charge in [-0.1, -0.05) is 0 Å². The molecule has 0 saturated heterocycles. The van der Waals surface area contributed by atoms with Crippen molar-refractivity contribution in [1.82, 2.24) is 14.4 Å². The average Bonchev–Trinajstić information content (AvgIpc) is 2.91. The summed E-state index contributed by atoms with van der Waals surface area (Å²) in [7, 11) is 0. The Labute approximate surface area is 80.8 Å². The topological polar surface area (TPSA) is 54.0 Å². The van der Waals surface area contributed by atoms with Gasteiger partial charge in [-0.25, -0.2) is 4.98 Å². The first-order valence-corrected chi connectivity index (χ1v) is 4.55. The molecule has 1 aliphatic rings. The number of hydrogen-bond acceptors (Lipinski definition) is 3. The second-order valence-electron chi connectivity index (χ2n) is 3.64. The van der Waals surface area contributed by atoms with Gasteiger partial charge in [0.2, 0.25) is 0 Å². The predicted octanol–water partition coefficient (Wildman–Crippen LogP) is 1.28. The van der Waals surface area contributed by atoms with Crippen molar-refractivity contribution in [3.63, 3.8) is 0 Å². The minimum absolute atomic E-state index is 0.277. The van der Waals surface area contributed by atoms with E-state index in [1.165, 1.54) is 0 Å². The SMILES string of the molecule is N#CC1(c2cnc3cnccn23)CC1. The van der Waals surface area contributed by atoms with Crippen LogP contribution in [0.4, 0.5) is 0 Å².